The van der Waals surface area contributed by atoms with Gasteiger partial charge in [-0.05, 0) is 426 Å². The molecule has 45 atom stereocenters. The Morgan fingerprint density at radius 1 is 0.424 bits per heavy atom. The van der Waals surface area contributed by atoms with Crippen LogP contribution in [0, 0.1) is 209 Å². The number of methoxy groups -OCH3 is 2. The molecule has 16 fully saturated rings. The lowest BCUT2D eigenvalue weighted by molar-refractivity contribution is -0.215. The number of benzene rings is 1. The molecular weight excluding hydrogens is 1950 g/mol. The molecule has 0 aromatic heterocycles. The number of carbonyl (C=O) groups is 7. The van der Waals surface area contributed by atoms with Crippen molar-refractivity contribution in [1.82, 2.24) is 0 Å². The van der Waals surface area contributed by atoms with Crippen molar-refractivity contribution in [2.24, 2.45) is 209 Å². The molecule has 8 N–H and O–H groups in total. The van der Waals surface area contributed by atoms with Crippen LogP contribution in [0.1, 0.15) is 363 Å². The third-order valence-electron chi connectivity index (χ3n) is 46.3. The summed E-state index contributed by atoms with van der Waals surface area (Å²) in [6.45, 7) is 40.1. The van der Waals surface area contributed by atoms with E-state index < -0.39 is 66.5 Å². The van der Waals surface area contributed by atoms with Crippen molar-refractivity contribution >= 4 is 63.6 Å². The number of carboxylic acid groups (broad SMARTS) is 2. The highest BCUT2D eigenvalue weighted by molar-refractivity contribution is 14.1. The highest BCUT2D eigenvalue weighted by Gasteiger charge is 2.72. The van der Waals surface area contributed by atoms with Crippen molar-refractivity contribution in [3.05, 3.63) is 35.9 Å². The van der Waals surface area contributed by atoms with Gasteiger partial charge < -0.3 is 64.5 Å². The van der Waals surface area contributed by atoms with Gasteiger partial charge in [-0.3, -0.25) is 28.8 Å². The zero-order chi connectivity index (χ0) is 107. The molecule has 1 aromatic rings. The first-order valence-corrected chi connectivity index (χ1v) is 58.5. The second-order valence-electron chi connectivity index (χ2n) is 52.9. The normalized spacial score (nSPS) is 44.9. The van der Waals surface area contributed by atoms with E-state index in [1.165, 1.54) is 77.0 Å². The summed E-state index contributed by atoms with van der Waals surface area (Å²) in [6.07, 6.45) is 28.1. The molecule has 0 bridgehead atoms. The van der Waals surface area contributed by atoms with Crippen LogP contribution >= 0.6 is 22.6 Å². The maximum atomic E-state index is 14.8. The molecule has 24 heteroatoms. The van der Waals surface area contributed by atoms with E-state index in [0.717, 1.165) is 152 Å². The van der Waals surface area contributed by atoms with Crippen LogP contribution in [0.5, 0.6) is 0 Å². The number of aliphatic carboxylic acids is 2. The fourth-order valence-electron chi connectivity index (χ4n) is 38.0. The number of carboxylic acids is 2. The van der Waals surface area contributed by atoms with Crippen LogP contribution in [-0.2, 0) is 63.9 Å². The summed E-state index contributed by atoms with van der Waals surface area (Å²) in [7, 11) is 3.47. The average Bonchev–Trinajstić information content (AvgIpc) is 1.68. The van der Waals surface area contributed by atoms with Gasteiger partial charge in [0.25, 0.3) is 6.17 Å². The van der Waals surface area contributed by atoms with Crippen LogP contribution in [0.25, 0.3) is 0 Å². The van der Waals surface area contributed by atoms with Gasteiger partial charge >= 0.3 is 17.9 Å². The van der Waals surface area contributed by atoms with Gasteiger partial charge in [0.15, 0.2) is 23.1 Å². The van der Waals surface area contributed by atoms with Crippen molar-refractivity contribution in [2.45, 2.75) is 424 Å². The van der Waals surface area contributed by atoms with Crippen LogP contribution in [0.2, 0.25) is 0 Å². The van der Waals surface area contributed by atoms with E-state index in [1.807, 2.05) is 40.8 Å². The van der Waals surface area contributed by atoms with E-state index in [-0.39, 0.29) is 125 Å². The number of rotatable bonds is 29. The standard InChI is InChI=1S/C37H55FO5.C28H48O4.C25H41FO4.C24H40O5.C5H7FO2.CH3I/c1-23-16-17-36(4)27(18-23)20-32(43-22-41-6)33-29-14-13-28(37(29,5)25(3)19-30(33)36)24(2)12-15-31(39)34(38)35(40)42-21-26-10-8-7-9-11-26;1-17-11-12-27(4)20(13-17)15-24(32-16-31-6)26-22-9-8-21(18(2)7-10-25(29)30)28(22,5)19(3)14-23(26)27;1-14(4-5-17(28)13-26)18-6-7-19-23-20(12-22(30)25(18,19)3)24(2)9-8-16(27)10-15(24)11-21(23)29;1-13(4-7-21(28)29)16-5-6-17-22-18(12-20(27)24(16,17)3)23(2)9-8-15(25)10-14(23)11-19(22)26;1-3(7)5(6)4(2)8;1-2/h7-11,23-25,27-30,32-34H,12-22H2,1-6H3;17-24,26H,7-16H2,1-6H3,(H,29,30);14-16,18-23,27,29-30H,4-13H2,1-3H3;13-20,22,25-27H,4-12H2,1-3H3,(H,28,29);5H,1-2H3;1H3/t23-,24-,25+,27+,28-,29+,30+,32-,33+,34?,36+,37-;17-,18-,19+,20+,21-,22+,23+,24-,26+,27+,28-;14-,15+,16-,18-,19+,20+,21-,22+,23+,24+,25-;13-,14+,15-,16-,17+,18+,19-,20+,22+,23+,24-;;/m1111../s1/i;;;;;1D. The predicted octanol–water partition coefficient (Wildman–Crippen LogP) is 23.7. The number of aliphatic hydroxyl groups excluding tert-OH is 6. The Kier molecular flexibility index (Phi) is 40.4. The van der Waals surface area contributed by atoms with E-state index in [2.05, 4.69) is 111 Å². The average molecular weight is 2140 g/mol. The van der Waals surface area contributed by atoms with Gasteiger partial charge in [-0.1, -0.05) is 177 Å². The lowest BCUT2D eigenvalue weighted by Gasteiger charge is -2.65. The lowest BCUT2D eigenvalue weighted by atomic mass is 9.41. The fourth-order valence-corrected chi connectivity index (χ4v) is 38.0. The molecule has 0 radical (unpaired) electrons. The van der Waals surface area contributed by atoms with Gasteiger partial charge in [0, 0.05) is 41.3 Å². The molecule has 0 heterocycles. The zero-order valence-corrected chi connectivity index (χ0v) is 94.0. The van der Waals surface area contributed by atoms with Crippen LogP contribution in [0.15, 0.2) is 30.3 Å². The number of Topliss-reactive ketones (excluding diaryl/α,β-unsaturated/α-hetero) is 4. The number of fused-ring (bicyclic) bond motifs is 20. The van der Waals surface area contributed by atoms with Gasteiger partial charge in [-0.2, -0.15) is 0 Å². The van der Waals surface area contributed by atoms with E-state index in [0.29, 0.717) is 173 Å². The first kappa shape index (κ1) is 117. The third kappa shape index (κ3) is 23.8. The van der Waals surface area contributed by atoms with E-state index in [4.69, 9.17) is 30.2 Å². The van der Waals surface area contributed by atoms with E-state index in [1.54, 1.807) is 26.4 Å². The summed E-state index contributed by atoms with van der Waals surface area (Å²) in [4.78, 5) is 79.3. The van der Waals surface area contributed by atoms with Crippen molar-refractivity contribution < 1.29 is 113 Å². The zero-order valence-electron chi connectivity index (χ0n) is 92.8. The minimum absolute atomic E-state index is 0.0282. The summed E-state index contributed by atoms with van der Waals surface area (Å²) < 4.78 is 74.5. The molecule has 16 aliphatic carbocycles. The van der Waals surface area contributed by atoms with Gasteiger partial charge in [-0.15, -0.1) is 0 Å². The van der Waals surface area contributed by atoms with Gasteiger partial charge in [0.2, 0.25) is 6.17 Å². The summed E-state index contributed by atoms with van der Waals surface area (Å²) in [5.74, 6) is 8.55. The maximum absolute atomic E-state index is 14.8. The second kappa shape index (κ2) is 49.5. The molecule has 144 heavy (non-hydrogen) atoms. The number of ether oxygens (including phenoxy) is 5. The molecule has 1 aromatic carbocycles. The Morgan fingerprint density at radius 3 is 1.10 bits per heavy atom. The SMILES string of the molecule is CC(=O)C(F)C(C)=O.COCO[C@@H]1C[C@@H]2C[C@H](C)CC[C@]2(C)[C@H]2C[C@H](C)[C@]3(C)[C@@H]([C@H](C)CCC(=O)C(F)C(=O)OCc4ccccc4)CC[C@H]3[C@H]12.COCO[C@@H]1C[C@@H]2C[C@H](C)CC[C@]2(C)[C@H]2C[C@H](C)[C@]3(C)[C@@H]([C@H](C)CCC(=O)O)CC[C@H]3[C@H]12.C[C@H](CCC(=O)CF)[C@H]1CC[C@H]2[C@@H]3[C@H](O)C[C@@H]4C[C@H](O)CC[C@]4(C)[C@H]3C[C@H](O)[C@]12C.C[C@H](CCC(=O)O)[C@H]1CC[C@H]2[C@@H]3[C@H](O)C[C@@H]4C[C@H](O)CC[C@]4(C)[C@H]3C[C@H](O)[C@]12C.[2H]CI. The smallest absolute Gasteiger partial charge is 0.348 e. The maximum Gasteiger partial charge on any atom is 0.348 e. The number of alkyl halides is 4. The Morgan fingerprint density at radius 2 is 0.757 bits per heavy atom. The minimum atomic E-state index is -2.22. The van der Waals surface area contributed by atoms with Crippen LogP contribution in [0.4, 0.5) is 13.2 Å². The van der Waals surface area contributed by atoms with Crippen molar-refractivity contribution in [1.29, 1.82) is 0 Å². The summed E-state index contributed by atoms with van der Waals surface area (Å²) in [6, 6.07) is 9.14. The molecule has 17 rings (SSSR count). The van der Waals surface area contributed by atoms with Crippen molar-refractivity contribution in [2.75, 3.05) is 39.4 Å². The van der Waals surface area contributed by atoms with Crippen LogP contribution in [0.3, 0.4) is 0 Å². The molecule has 20 nitrogen and oxygen atoms in total. The number of halogens is 4. The van der Waals surface area contributed by atoms with Gasteiger partial charge in [0.05, 0.1) is 48.8 Å². The molecule has 0 spiro atoms. The Bertz CT molecular complexity index is 4390. The number of esters is 1. The molecule has 16 aliphatic rings. The van der Waals surface area contributed by atoms with Crippen molar-refractivity contribution in [3.8, 4) is 0 Å². The number of aliphatic hydroxyl groups is 6. The van der Waals surface area contributed by atoms with Crippen LogP contribution < -0.4 is 0 Å². The predicted molar refractivity (Wildman–Crippen MR) is 562 cm³/mol. The highest BCUT2D eigenvalue weighted by Crippen LogP contribution is 2.76. The first-order chi connectivity index (χ1) is 68.3. The molecule has 0 amide bonds. The topological polar surface area (TPSA) is 327 Å². The number of hydrogen-bond donors (Lipinski definition) is 8. The number of ketones is 4. The molecule has 16 saturated carbocycles. The number of carbonyl (C=O) groups excluding carboxylic acids is 5. The fraction of sp³-hybridized carbons (Fsp3) is 0.892. The van der Waals surface area contributed by atoms with Crippen molar-refractivity contribution in [3.63, 3.8) is 0 Å². The van der Waals surface area contributed by atoms with E-state index >= 15 is 0 Å². The monoisotopic (exact) mass is 2140 g/mol. The van der Waals surface area contributed by atoms with Gasteiger partial charge in [-0.25, -0.2) is 18.0 Å². The summed E-state index contributed by atoms with van der Waals surface area (Å²) in [5, 5.41) is 84.3. The van der Waals surface area contributed by atoms with Gasteiger partial charge in [0.1, 0.15) is 26.9 Å². The highest BCUT2D eigenvalue weighted by atomic mass is 127. The third-order valence-corrected chi connectivity index (χ3v) is 46.3. The number of hydrogen-bond acceptors (Lipinski definition) is 18. The second-order valence-corrected chi connectivity index (χ2v) is 52.9. The Hall–Kier alpha value is -3.57. The summed E-state index contributed by atoms with van der Waals surface area (Å²) in [5.41, 5.74) is 1.73. The molecule has 1 unspecified atom stereocenters. The Balaban J connectivity index is 0.000000168. The molecule has 822 valence electrons. The molecule has 0 aliphatic heterocycles. The molecule has 0 saturated heterocycles. The minimum Gasteiger partial charge on any atom is -0.481 e. The lowest BCUT2D eigenvalue weighted by Crippen LogP contribution is -2.62. The van der Waals surface area contributed by atoms with E-state index in [9.17, 15) is 82.5 Å². The largest absolute Gasteiger partial charge is 0.481 e. The summed E-state index contributed by atoms with van der Waals surface area (Å²) >= 11 is 1.96. The van der Waals surface area contributed by atoms with Crippen LogP contribution in [-0.4, -0.2) is 182 Å². The molecular formula is C120H194F3IO20. The first-order valence-electron chi connectivity index (χ1n) is 57.7. The Labute approximate surface area is 878 Å². The quantitative estimate of drug-likeness (QED) is 0.0121.